The minimum atomic E-state index is -0.676. The summed E-state index contributed by atoms with van der Waals surface area (Å²) >= 11 is 0. The molecule has 3 aromatic carbocycles. The zero-order valence-electron chi connectivity index (χ0n) is 16.9. The molecule has 0 fully saturated rings. The molecule has 4 rings (SSSR count). The molecule has 32 heavy (non-hydrogen) atoms. The third kappa shape index (κ3) is 4.71. The number of ether oxygens (including phenoxy) is 1. The van der Waals surface area contributed by atoms with Gasteiger partial charge in [-0.05, 0) is 36.4 Å². The van der Waals surface area contributed by atoms with Crippen LogP contribution in [0.3, 0.4) is 0 Å². The molecule has 1 amide bonds. The Morgan fingerprint density at radius 3 is 2.38 bits per heavy atom. The lowest BCUT2D eigenvalue weighted by molar-refractivity contribution is -0.119. The summed E-state index contributed by atoms with van der Waals surface area (Å²) in [5, 5.41) is 16.1. The third-order valence-electron chi connectivity index (χ3n) is 4.60. The van der Waals surface area contributed by atoms with E-state index in [1.165, 1.54) is 10.7 Å². The van der Waals surface area contributed by atoms with E-state index in [-0.39, 0.29) is 5.69 Å². The summed E-state index contributed by atoms with van der Waals surface area (Å²) in [6.07, 6.45) is 0. The molecule has 0 aliphatic heterocycles. The topological polar surface area (TPSA) is 97.0 Å². The number of rotatable bonds is 6. The minimum Gasteiger partial charge on any atom is -0.451 e. The van der Waals surface area contributed by atoms with Gasteiger partial charge in [-0.25, -0.2) is 9.48 Å². The van der Waals surface area contributed by atoms with Gasteiger partial charge in [0.15, 0.2) is 12.3 Å². The third-order valence-corrected chi connectivity index (χ3v) is 4.60. The highest BCUT2D eigenvalue weighted by Crippen LogP contribution is 2.22. The van der Waals surface area contributed by atoms with Gasteiger partial charge in [-0.1, -0.05) is 54.6 Å². The van der Waals surface area contributed by atoms with Crippen LogP contribution < -0.4 is 5.32 Å². The first kappa shape index (κ1) is 20.6. The molecule has 0 radical (unpaired) electrons. The van der Waals surface area contributed by atoms with Gasteiger partial charge in [-0.15, -0.1) is 0 Å². The molecule has 1 N–H and O–H groups in total. The number of hydrogen-bond donors (Lipinski definition) is 1. The van der Waals surface area contributed by atoms with E-state index < -0.39 is 18.5 Å². The molecule has 0 aliphatic carbocycles. The molecule has 0 aliphatic rings. The average molecular weight is 422 g/mol. The van der Waals surface area contributed by atoms with Crippen molar-refractivity contribution in [3.63, 3.8) is 0 Å². The Labute approximate surface area is 184 Å². The Balaban J connectivity index is 1.53. The van der Waals surface area contributed by atoms with Crippen molar-refractivity contribution in [1.82, 2.24) is 9.78 Å². The van der Waals surface area contributed by atoms with Crippen LogP contribution in [0.25, 0.3) is 16.9 Å². The number of aromatic nitrogens is 2. The van der Waals surface area contributed by atoms with E-state index in [1.54, 1.807) is 24.3 Å². The lowest BCUT2D eigenvalue weighted by Crippen LogP contribution is -2.22. The maximum Gasteiger partial charge on any atom is 0.357 e. The number of nitriles is 1. The van der Waals surface area contributed by atoms with Crippen LogP contribution in [0.1, 0.15) is 16.1 Å². The fraction of sp³-hybridized carbons (Fsp3) is 0.0400. The first-order valence-corrected chi connectivity index (χ1v) is 9.82. The lowest BCUT2D eigenvalue weighted by Gasteiger charge is -2.08. The SMILES string of the molecule is N#Cc1cccc(NC(=O)COC(=O)c2cc(-c3ccccc3)nn2-c2ccccc2)c1. The molecule has 0 spiro atoms. The van der Waals surface area contributed by atoms with E-state index in [0.717, 1.165) is 5.56 Å². The zero-order valence-corrected chi connectivity index (χ0v) is 16.9. The molecule has 0 atom stereocenters. The van der Waals surface area contributed by atoms with E-state index in [0.29, 0.717) is 22.6 Å². The molecule has 7 nitrogen and oxygen atoms in total. The summed E-state index contributed by atoms with van der Waals surface area (Å²) in [6, 6.07) is 28.8. The molecule has 1 aromatic heterocycles. The van der Waals surface area contributed by atoms with Gasteiger partial charge in [0.2, 0.25) is 0 Å². The van der Waals surface area contributed by atoms with Crippen molar-refractivity contribution >= 4 is 17.6 Å². The lowest BCUT2D eigenvalue weighted by atomic mass is 10.1. The Hall–Kier alpha value is -4.70. The largest absolute Gasteiger partial charge is 0.451 e. The highest BCUT2D eigenvalue weighted by atomic mass is 16.5. The van der Waals surface area contributed by atoms with Gasteiger partial charge >= 0.3 is 5.97 Å². The Kier molecular flexibility index (Phi) is 6.05. The number of para-hydroxylation sites is 1. The number of nitrogens with zero attached hydrogens (tertiary/aromatic N) is 3. The van der Waals surface area contributed by atoms with Gasteiger partial charge in [0.25, 0.3) is 5.91 Å². The van der Waals surface area contributed by atoms with Gasteiger partial charge in [-0.3, -0.25) is 4.79 Å². The van der Waals surface area contributed by atoms with Gasteiger partial charge in [0, 0.05) is 11.3 Å². The van der Waals surface area contributed by atoms with Gasteiger partial charge in [0.05, 0.1) is 23.0 Å². The fourth-order valence-corrected chi connectivity index (χ4v) is 3.11. The number of carbonyl (C=O) groups is 2. The van der Waals surface area contributed by atoms with Crippen LogP contribution in [0.5, 0.6) is 0 Å². The van der Waals surface area contributed by atoms with Crippen LogP contribution in [0.4, 0.5) is 5.69 Å². The minimum absolute atomic E-state index is 0.203. The first-order valence-electron chi connectivity index (χ1n) is 9.82. The fourth-order valence-electron chi connectivity index (χ4n) is 3.11. The molecule has 0 bridgehead atoms. The number of anilines is 1. The van der Waals surface area contributed by atoms with Crippen LogP contribution >= 0.6 is 0 Å². The van der Waals surface area contributed by atoms with Crippen LogP contribution in [-0.2, 0) is 9.53 Å². The normalized spacial score (nSPS) is 10.2. The smallest absolute Gasteiger partial charge is 0.357 e. The molecule has 156 valence electrons. The van der Waals surface area contributed by atoms with Gasteiger partial charge in [-0.2, -0.15) is 10.4 Å². The van der Waals surface area contributed by atoms with Crippen molar-refractivity contribution in [3.05, 3.63) is 102 Å². The summed E-state index contributed by atoms with van der Waals surface area (Å²) in [7, 11) is 0. The molecule has 0 saturated carbocycles. The number of esters is 1. The number of benzene rings is 3. The zero-order chi connectivity index (χ0) is 22.3. The molecular formula is C25H18N4O3. The van der Waals surface area contributed by atoms with Crippen LogP contribution in [0.15, 0.2) is 91.0 Å². The number of hydrogen-bond acceptors (Lipinski definition) is 5. The predicted molar refractivity (Wildman–Crippen MR) is 119 cm³/mol. The van der Waals surface area contributed by atoms with Crippen molar-refractivity contribution in [2.45, 2.75) is 0 Å². The second-order valence-corrected chi connectivity index (χ2v) is 6.85. The second-order valence-electron chi connectivity index (χ2n) is 6.85. The van der Waals surface area contributed by atoms with Crippen molar-refractivity contribution in [2.24, 2.45) is 0 Å². The van der Waals surface area contributed by atoms with E-state index >= 15 is 0 Å². The Morgan fingerprint density at radius 1 is 0.938 bits per heavy atom. The maximum absolute atomic E-state index is 12.8. The summed E-state index contributed by atoms with van der Waals surface area (Å²) in [4.78, 5) is 25.1. The van der Waals surface area contributed by atoms with Crippen molar-refractivity contribution in [1.29, 1.82) is 5.26 Å². The highest BCUT2D eigenvalue weighted by molar-refractivity contribution is 5.95. The molecular weight excluding hydrogens is 404 g/mol. The molecule has 0 saturated heterocycles. The summed E-state index contributed by atoms with van der Waals surface area (Å²) in [6.45, 7) is -0.476. The first-order chi connectivity index (χ1) is 15.6. The average Bonchev–Trinajstić information content (AvgIpc) is 3.29. The van der Waals surface area contributed by atoms with Crippen LogP contribution in [-0.4, -0.2) is 28.3 Å². The molecule has 4 aromatic rings. The van der Waals surface area contributed by atoms with Crippen LogP contribution in [0, 0.1) is 11.3 Å². The van der Waals surface area contributed by atoms with E-state index in [9.17, 15) is 9.59 Å². The molecule has 1 heterocycles. The van der Waals surface area contributed by atoms with Crippen LogP contribution in [0.2, 0.25) is 0 Å². The summed E-state index contributed by atoms with van der Waals surface area (Å²) in [5.41, 5.74) is 3.23. The van der Waals surface area contributed by atoms with Crippen molar-refractivity contribution < 1.29 is 14.3 Å². The standard InChI is InChI=1S/C25H18N4O3/c26-16-18-8-7-11-20(14-18)27-24(30)17-32-25(31)23-15-22(19-9-3-1-4-10-19)28-29(23)21-12-5-2-6-13-21/h1-15H,17H2,(H,27,30). The van der Waals surface area contributed by atoms with Crippen molar-refractivity contribution in [2.75, 3.05) is 11.9 Å². The Bertz CT molecular complexity index is 1290. The summed E-state index contributed by atoms with van der Waals surface area (Å²) in [5.74, 6) is -1.19. The van der Waals surface area contributed by atoms with E-state index in [1.807, 2.05) is 66.7 Å². The second kappa shape index (κ2) is 9.41. The molecule has 0 unspecified atom stereocenters. The number of nitrogens with one attached hydrogen (secondary N) is 1. The van der Waals surface area contributed by atoms with E-state index in [4.69, 9.17) is 10.00 Å². The molecule has 7 heteroatoms. The van der Waals surface area contributed by atoms with Gasteiger partial charge < -0.3 is 10.1 Å². The Morgan fingerprint density at radius 2 is 1.66 bits per heavy atom. The highest BCUT2D eigenvalue weighted by Gasteiger charge is 2.20. The number of amides is 1. The maximum atomic E-state index is 12.8. The monoisotopic (exact) mass is 422 g/mol. The quantitative estimate of drug-likeness (QED) is 0.470. The van der Waals surface area contributed by atoms with Gasteiger partial charge in [0.1, 0.15) is 0 Å². The van der Waals surface area contributed by atoms with Crippen molar-refractivity contribution in [3.8, 4) is 23.0 Å². The summed E-state index contributed by atoms with van der Waals surface area (Å²) < 4.78 is 6.75. The predicted octanol–water partition coefficient (Wildman–Crippen LogP) is 4.21. The number of carbonyl (C=O) groups excluding carboxylic acids is 2. The van der Waals surface area contributed by atoms with E-state index in [2.05, 4.69) is 10.4 Å².